The zero-order valence-electron chi connectivity index (χ0n) is 16.0. The van der Waals surface area contributed by atoms with Crippen LogP contribution in [0.4, 0.5) is 4.39 Å². The van der Waals surface area contributed by atoms with E-state index in [4.69, 9.17) is 11.6 Å². The number of nitrogens with zero attached hydrogens (tertiary/aromatic N) is 2. The van der Waals surface area contributed by atoms with Crippen LogP contribution in [0.2, 0.25) is 5.02 Å². The lowest BCUT2D eigenvalue weighted by Gasteiger charge is -2.31. The minimum absolute atomic E-state index is 0.0684. The van der Waals surface area contributed by atoms with Gasteiger partial charge in [-0.05, 0) is 36.2 Å². The van der Waals surface area contributed by atoms with Crippen molar-refractivity contribution in [3.63, 3.8) is 0 Å². The van der Waals surface area contributed by atoms with Gasteiger partial charge in [0.1, 0.15) is 5.82 Å². The molecule has 28 heavy (non-hydrogen) atoms. The highest BCUT2D eigenvalue weighted by Crippen LogP contribution is 2.34. The van der Waals surface area contributed by atoms with Gasteiger partial charge < -0.3 is 0 Å². The Labute approximate surface area is 171 Å². The largest absolute Gasteiger partial charge is 0.279 e. The Bertz CT molecular complexity index is 959. The Morgan fingerprint density at radius 1 is 0.893 bits per heavy atom. The first kappa shape index (κ1) is 19.1. The van der Waals surface area contributed by atoms with E-state index in [0.717, 1.165) is 35.8 Å². The molecule has 1 atom stereocenters. The molecule has 1 aliphatic heterocycles. The zero-order chi connectivity index (χ0) is 19.5. The summed E-state index contributed by atoms with van der Waals surface area (Å²) < 4.78 is 14.3. The summed E-state index contributed by atoms with van der Waals surface area (Å²) in [5, 5.41) is 0.728. The normalized spacial score (nSPS) is 17.9. The van der Waals surface area contributed by atoms with E-state index in [1.165, 1.54) is 17.2 Å². The molecule has 0 bridgehead atoms. The van der Waals surface area contributed by atoms with Gasteiger partial charge in [0.25, 0.3) is 0 Å². The molecular weight excluding hydrogens is 371 g/mol. The van der Waals surface area contributed by atoms with Crippen molar-refractivity contribution in [1.29, 1.82) is 0 Å². The van der Waals surface area contributed by atoms with Gasteiger partial charge in [-0.3, -0.25) is 9.80 Å². The van der Waals surface area contributed by atoms with Crippen molar-refractivity contribution in [1.82, 2.24) is 9.80 Å². The SMILES string of the molecule is Cc1cccc(CN2CCN(Cc3ccccc3F)[C@H]2c2cccc(Cl)c2)c1. The second-order valence-corrected chi connectivity index (χ2v) is 7.89. The minimum Gasteiger partial charge on any atom is -0.279 e. The molecule has 1 saturated heterocycles. The van der Waals surface area contributed by atoms with Crippen molar-refractivity contribution >= 4 is 11.6 Å². The fourth-order valence-corrected chi connectivity index (χ4v) is 4.24. The molecule has 0 N–H and O–H groups in total. The van der Waals surface area contributed by atoms with Gasteiger partial charge in [-0.1, -0.05) is 71.8 Å². The fraction of sp³-hybridized carbons (Fsp3) is 0.250. The Morgan fingerprint density at radius 2 is 1.64 bits per heavy atom. The van der Waals surface area contributed by atoms with Crippen molar-refractivity contribution in [3.05, 3.63) is 106 Å². The van der Waals surface area contributed by atoms with Crippen molar-refractivity contribution in [2.24, 2.45) is 0 Å². The second kappa shape index (κ2) is 8.44. The van der Waals surface area contributed by atoms with E-state index in [1.807, 2.05) is 30.3 Å². The molecule has 1 heterocycles. The van der Waals surface area contributed by atoms with Crippen LogP contribution in [0, 0.1) is 12.7 Å². The van der Waals surface area contributed by atoms with Gasteiger partial charge >= 0.3 is 0 Å². The van der Waals surface area contributed by atoms with Crippen molar-refractivity contribution in [2.75, 3.05) is 13.1 Å². The summed E-state index contributed by atoms with van der Waals surface area (Å²) in [6.45, 7) is 5.37. The van der Waals surface area contributed by atoms with Crippen LogP contribution >= 0.6 is 11.6 Å². The number of hydrogen-bond acceptors (Lipinski definition) is 2. The molecule has 3 aromatic rings. The van der Waals surface area contributed by atoms with E-state index in [1.54, 1.807) is 6.07 Å². The van der Waals surface area contributed by atoms with Crippen molar-refractivity contribution < 1.29 is 4.39 Å². The molecule has 1 fully saturated rings. The second-order valence-electron chi connectivity index (χ2n) is 7.45. The molecule has 144 valence electrons. The van der Waals surface area contributed by atoms with Gasteiger partial charge in [0, 0.05) is 36.8 Å². The lowest BCUT2D eigenvalue weighted by atomic mass is 10.1. The first-order valence-electron chi connectivity index (χ1n) is 9.63. The van der Waals surface area contributed by atoms with Gasteiger partial charge in [-0.2, -0.15) is 0 Å². The van der Waals surface area contributed by atoms with Crippen molar-refractivity contribution in [3.8, 4) is 0 Å². The molecule has 0 radical (unpaired) electrons. The molecule has 1 aliphatic rings. The molecule has 0 aromatic heterocycles. The van der Waals surface area contributed by atoms with Crippen LogP contribution in [-0.2, 0) is 13.1 Å². The average molecular weight is 395 g/mol. The fourth-order valence-electron chi connectivity index (χ4n) is 4.04. The summed E-state index contributed by atoms with van der Waals surface area (Å²) in [7, 11) is 0. The Morgan fingerprint density at radius 3 is 2.39 bits per heavy atom. The maximum atomic E-state index is 14.3. The van der Waals surface area contributed by atoms with E-state index in [0.29, 0.717) is 6.54 Å². The number of benzene rings is 3. The van der Waals surface area contributed by atoms with Crippen LogP contribution in [-0.4, -0.2) is 22.9 Å². The molecule has 2 nitrogen and oxygen atoms in total. The summed E-state index contributed by atoms with van der Waals surface area (Å²) >= 11 is 6.29. The topological polar surface area (TPSA) is 6.48 Å². The Hall–Kier alpha value is -2.20. The third-order valence-corrected chi connectivity index (χ3v) is 5.55. The predicted octanol–water partition coefficient (Wildman–Crippen LogP) is 5.80. The number of aryl methyl sites for hydroxylation is 1. The van der Waals surface area contributed by atoms with E-state index >= 15 is 0 Å². The number of halogens is 2. The minimum atomic E-state index is -0.149. The first-order chi connectivity index (χ1) is 13.6. The molecule has 0 amide bonds. The first-order valence-corrected chi connectivity index (χ1v) is 10.0. The third-order valence-electron chi connectivity index (χ3n) is 5.31. The van der Waals surface area contributed by atoms with Crippen LogP contribution in [0.5, 0.6) is 0 Å². The van der Waals surface area contributed by atoms with Crippen LogP contribution in [0.3, 0.4) is 0 Å². The highest BCUT2D eigenvalue weighted by Gasteiger charge is 2.33. The van der Waals surface area contributed by atoms with E-state index < -0.39 is 0 Å². The summed E-state index contributed by atoms with van der Waals surface area (Å²) in [5.41, 5.74) is 4.43. The molecule has 0 spiro atoms. The van der Waals surface area contributed by atoms with Crippen molar-refractivity contribution in [2.45, 2.75) is 26.2 Å². The van der Waals surface area contributed by atoms with Gasteiger partial charge in [0.15, 0.2) is 0 Å². The van der Waals surface area contributed by atoms with Gasteiger partial charge in [0.2, 0.25) is 0 Å². The zero-order valence-corrected chi connectivity index (χ0v) is 16.7. The van der Waals surface area contributed by atoms with Crippen LogP contribution < -0.4 is 0 Å². The summed E-state index contributed by atoms with van der Waals surface area (Å²) in [6.07, 6.45) is 0.0684. The highest BCUT2D eigenvalue weighted by molar-refractivity contribution is 6.30. The van der Waals surface area contributed by atoms with Gasteiger partial charge in [0.05, 0.1) is 6.17 Å². The maximum absolute atomic E-state index is 14.3. The number of hydrogen-bond donors (Lipinski definition) is 0. The predicted molar refractivity (Wildman–Crippen MR) is 113 cm³/mol. The molecular formula is C24H24ClFN2. The molecule has 4 rings (SSSR count). The monoisotopic (exact) mass is 394 g/mol. The molecule has 0 unspecified atom stereocenters. The van der Waals surface area contributed by atoms with Crippen LogP contribution in [0.25, 0.3) is 0 Å². The lowest BCUT2D eigenvalue weighted by Crippen LogP contribution is -2.30. The van der Waals surface area contributed by atoms with Crippen LogP contribution in [0.15, 0.2) is 72.8 Å². The van der Waals surface area contributed by atoms with Gasteiger partial charge in [-0.15, -0.1) is 0 Å². The van der Waals surface area contributed by atoms with E-state index in [2.05, 4.69) is 47.1 Å². The quantitative estimate of drug-likeness (QED) is 0.539. The standard InChI is InChI=1S/C24H24ClFN2/c1-18-6-4-7-19(14-18)16-27-12-13-28(17-21-8-2-3-11-23(21)26)24(27)20-9-5-10-22(25)15-20/h2-11,14-15,24H,12-13,16-17H2,1H3/t24-/m0/s1. The summed E-state index contributed by atoms with van der Waals surface area (Å²) in [4.78, 5) is 4.78. The van der Waals surface area contributed by atoms with Gasteiger partial charge in [-0.25, -0.2) is 4.39 Å². The highest BCUT2D eigenvalue weighted by atomic mass is 35.5. The molecule has 4 heteroatoms. The van der Waals surface area contributed by atoms with E-state index in [-0.39, 0.29) is 12.0 Å². The Kier molecular flexibility index (Phi) is 5.77. The third kappa shape index (κ3) is 4.27. The molecule has 0 saturated carbocycles. The average Bonchev–Trinajstić information content (AvgIpc) is 3.06. The Balaban J connectivity index is 1.63. The summed E-state index contributed by atoms with van der Waals surface area (Å²) in [6, 6.07) is 23.7. The number of rotatable bonds is 5. The molecule has 3 aromatic carbocycles. The van der Waals surface area contributed by atoms with Crippen LogP contribution in [0.1, 0.15) is 28.4 Å². The lowest BCUT2D eigenvalue weighted by molar-refractivity contribution is 0.125. The summed E-state index contributed by atoms with van der Waals surface area (Å²) in [5.74, 6) is -0.149. The smallest absolute Gasteiger partial charge is 0.127 e. The molecule has 0 aliphatic carbocycles. The van der Waals surface area contributed by atoms with E-state index in [9.17, 15) is 4.39 Å². The maximum Gasteiger partial charge on any atom is 0.127 e.